The summed E-state index contributed by atoms with van der Waals surface area (Å²) in [6, 6.07) is 0. The number of aromatic nitrogens is 3. The third kappa shape index (κ3) is 2.88. The lowest BCUT2D eigenvalue weighted by Crippen LogP contribution is -2.40. The zero-order chi connectivity index (χ0) is 15.0. The van der Waals surface area contributed by atoms with Crippen LogP contribution < -0.4 is 10.2 Å². The number of fused-ring (bicyclic) bond motifs is 1. The zero-order valence-electron chi connectivity index (χ0n) is 12.7. The maximum Gasteiger partial charge on any atom is 0.216 e. The molecule has 0 spiro atoms. The fourth-order valence-corrected chi connectivity index (χ4v) is 3.97. The number of rotatable bonds is 3. The van der Waals surface area contributed by atoms with Crippen LogP contribution in [-0.4, -0.2) is 40.3 Å². The minimum atomic E-state index is 0.0498. The van der Waals surface area contributed by atoms with Gasteiger partial charge in [0.1, 0.15) is 0 Å². The van der Waals surface area contributed by atoms with Crippen LogP contribution in [0, 0.1) is 12.8 Å². The zero-order valence-corrected chi connectivity index (χ0v) is 13.5. The van der Waals surface area contributed by atoms with Gasteiger partial charge in [0.15, 0.2) is 10.8 Å². The van der Waals surface area contributed by atoms with E-state index in [1.54, 1.807) is 18.3 Å². The summed E-state index contributed by atoms with van der Waals surface area (Å²) < 4.78 is 3.03. The third-order valence-corrected chi connectivity index (χ3v) is 5.18. The lowest BCUT2D eigenvalue weighted by molar-refractivity contribution is -0.119. The molecule has 1 saturated heterocycles. The molecule has 0 aromatic carbocycles. The molecule has 21 heavy (non-hydrogen) atoms. The molecular formula is C14H21N5OS. The fourth-order valence-electron chi connectivity index (χ4n) is 2.90. The number of amides is 1. The molecule has 1 aliphatic heterocycles. The number of carbonyl (C=O) groups is 1. The van der Waals surface area contributed by atoms with Gasteiger partial charge in [-0.25, -0.2) is 9.67 Å². The van der Waals surface area contributed by atoms with E-state index in [-0.39, 0.29) is 5.91 Å². The summed E-state index contributed by atoms with van der Waals surface area (Å²) >= 11 is 1.72. The van der Waals surface area contributed by atoms with Gasteiger partial charge in [0, 0.05) is 33.6 Å². The maximum atomic E-state index is 11.1. The normalized spacial score (nSPS) is 19.2. The highest BCUT2D eigenvalue weighted by Gasteiger charge is 2.23. The number of hydrogen-bond acceptors (Lipinski definition) is 5. The summed E-state index contributed by atoms with van der Waals surface area (Å²) in [7, 11) is 1.94. The maximum absolute atomic E-state index is 11.1. The summed E-state index contributed by atoms with van der Waals surface area (Å²) in [5.74, 6) is 0.558. The molecular weight excluding hydrogens is 286 g/mol. The first-order chi connectivity index (χ1) is 10.0. The van der Waals surface area contributed by atoms with E-state index in [2.05, 4.69) is 15.3 Å². The molecule has 6 nitrogen and oxygen atoms in total. The molecule has 1 amide bonds. The number of nitrogens with one attached hydrogen (secondary N) is 1. The van der Waals surface area contributed by atoms with Crippen LogP contribution in [-0.2, 0) is 11.8 Å². The molecule has 1 unspecified atom stereocenters. The number of anilines is 1. The van der Waals surface area contributed by atoms with Crippen molar-refractivity contribution >= 4 is 32.7 Å². The fraction of sp³-hybridized carbons (Fsp3) is 0.643. The summed E-state index contributed by atoms with van der Waals surface area (Å²) in [5.41, 5.74) is 2.01. The molecule has 3 heterocycles. The smallest absolute Gasteiger partial charge is 0.216 e. The van der Waals surface area contributed by atoms with Crippen molar-refractivity contribution in [1.82, 2.24) is 20.1 Å². The van der Waals surface area contributed by atoms with Crippen molar-refractivity contribution in [2.45, 2.75) is 26.7 Å². The Balaban J connectivity index is 1.75. The second-order valence-electron chi connectivity index (χ2n) is 5.75. The van der Waals surface area contributed by atoms with Crippen LogP contribution in [0.5, 0.6) is 0 Å². The molecule has 1 aliphatic rings. The molecule has 0 saturated carbocycles. The van der Waals surface area contributed by atoms with Crippen molar-refractivity contribution in [3.63, 3.8) is 0 Å². The van der Waals surface area contributed by atoms with Crippen LogP contribution in [0.1, 0.15) is 25.5 Å². The molecule has 1 N–H and O–H groups in total. The van der Waals surface area contributed by atoms with Gasteiger partial charge in [0.2, 0.25) is 5.91 Å². The number of nitrogens with zero attached hydrogens (tertiary/aromatic N) is 4. The predicted octanol–water partition coefficient (Wildman–Crippen LogP) is 1.69. The van der Waals surface area contributed by atoms with E-state index < -0.39 is 0 Å². The van der Waals surface area contributed by atoms with E-state index in [9.17, 15) is 4.79 Å². The van der Waals surface area contributed by atoms with Gasteiger partial charge in [-0.1, -0.05) is 11.3 Å². The van der Waals surface area contributed by atoms with Gasteiger partial charge in [-0.3, -0.25) is 4.79 Å². The van der Waals surface area contributed by atoms with Crippen molar-refractivity contribution in [1.29, 1.82) is 0 Å². The second kappa shape index (κ2) is 5.63. The van der Waals surface area contributed by atoms with Gasteiger partial charge in [-0.2, -0.15) is 5.10 Å². The van der Waals surface area contributed by atoms with E-state index >= 15 is 0 Å². The van der Waals surface area contributed by atoms with Crippen molar-refractivity contribution < 1.29 is 4.79 Å². The van der Waals surface area contributed by atoms with Crippen LogP contribution in [0.2, 0.25) is 0 Å². The quantitative estimate of drug-likeness (QED) is 0.937. The minimum Gasteiger partial charge on any atom is -0.356 e. The topological polar surface area (TPSA) is 63.1 Å². The first kappa shape index (κ1) is 14.3. The van der Waals surface area contributed by atoms with Gasteiger partial charge < -0.3 is 10.2 Å². The Morgan fingerprint density at radius 1 is 1.52 bits per heavy atom. The molecule has 114 valence electrons. The number of aryl methyl sites for hydroxylation is 2. The van der Waals surface area contributed by atoms with Crippen LogP contribution >= 0.6 is 11.3 Å². The summed E-state index contributed by atoms with van der Waals surface area (Å²) in [6.45, 7) is 6.37. The van der Waals surface area contributed by atoms with E-state index in [0.29, 0.717) is 5.92 Å². The van der Waals surface area contributed by atoms with Crippen LogP contribution in [0.25, 0.3) is 10.3 Å². The van der Waals surface area contributed by atoms with Crippen molar-refractivity contribution in [3.8, 4) is 0 Å². The van der Waals surface area contributed by atoms with Gasteiger partial charge >= 0.3 is 0 Å². The van der Waals surface area contributed by atoms with E-state index in [0.717, 1.165) is 42.5 Å². The van der Waals surface area contributed by atoms with Crippen molar-refractivity contribution in [2.24, 2.45) is 13.0 Å². The molecule has 3 rings (SSSR count). The van der Waals surface area contributed by atoms with Crippen LogP contribution in [0.3, 0.4) is 0 Å². The number of piperidine rings is 1. The molecule has 1 atom stereocenters. The lowest BCUT2D eigenvalue weighted by atomic mass is 9.98. The Morgan fingerprint density at radius 2 is 2.33 bits per heavy atom. The van der Waals surface area contributed by atoms with Crippen molar-refractivity contribution in [3.05, 3.63) is 5.69 Å². The number of thiazole rings is 1. The minimum absolute atomic E-state index is 0.0498. The van der Waals surface area contributed by atoms with Gasteiger partial charge in [0.05, 0.1) is 10.4 Å². The summed E-state index contributed by atoms with van der Waals surface area (Å²) in [6.07, 6.45) is 2.32. The first-order valence-corrected chi connectivity index (χ1v) is 8.15. The Bertz CT molecular complexity index is 627. The van der Waals surface area contributed by atoms with Gasteiger partial charge in [-0.15, -0.1) is 0 Å². The number of hydrogen-bond donors (Lipinski definition) is 1. The highest BCUT2D eigenvalue weighted by Crippen LogP contribution is 2.32. The summed E-state index contributed by atoms with van der Waals surface area (Å²) in [4.78, 5) is 18.1. The van der Waals surface area contributed by atoms with Gasteiger partial charge in [0.25, 0.3) is 0 Å². The second-order valence-corrected chi connectivity index (χ2v) is 6.73. The predicted molar refractivity (Wildman–Crippen MR) is 84.7 cm³/mol. The standard InChI is InChI=1S/C14H21N5OS/c1-9-12-13(18(3)17-9)16-14(21-12)19-6-4-5-11(8-19)7-15-10(2)20/h11H,4-8H2,1-3H3,(H,15,20). The highest BCUT2D eigenvalue weighted by molar-refractivity contribution is 7.22. The van der Waals surface area contributed by atoms with Crippen LogP contribution in [0.4, 0.5) is 5.13 Å². The van der Waals surface area contributed by atoms with E-state index in [4.69, 9.17) is 4.98 Å². The molecule has 2 aromatic heterocycles. The largest absolute Gasteiger partial charge is 0.356 e. The molecule has 0 bridgehead atoms. The monoisotopic (exact) mass is 307 g/mol. The van der Waals surface area contributed by atoms with Crippen LogP contribution in [0.15, 0.2) is 0 Å². The highest BCUT2D eigenvalue weighted by atomic mass is 32.1. The average molecular weight is 307 g/mol. The molecule has 7 heteroatoms. The SMILES string of the molecule is CC(=O)NCC1CCCN(c2nc3c(s2)c(C)nn3C)C1. The van der Waals surface area contributed by atoms with Gasteiger partial charge in [-0.05, 0) is 25.7 Å². The number of carbonyl (C=O) groups excluding carboxylic acids is 1. The molecule has 2 aromatic rings. The third-order valence-electron chi connectivity index (χ3n) is 3.96. The van der Waals surface area contributed by atoms with Crippen molar-refractivity contribution in [2.75, 3.05) is 24.5 Å². The average Bonchev–Trinajstić information content (AvgIpc) is 3.00. The Kier molecular flexibility index (Phi) is 3.84. The van der Waals surface area contributed by atoms with E-state index in [1.807, 2.05) is 18.7 Å². The molecule has 1 fully saturated rings. The lowest BCUT2D eigenvalue weighted by Gasteiger charge is -2.32. The molecule has 0 aliphatic carbocycles. The van der Waals surface area contributed by atoms with E-state index in [1.165, 1.54) is 11.1 Å². The molecule has 0 radical (unpaired) electrons. The summed E-state index contributed by atoms with van der Waals surface area (Å²) in [5, 5.41) is 8.41. The Hall–Kier alpha value is -1.63. The Labute approximate surface area is 128 Å². The Morgan fingerprint density at radius 3 is 3.05 bits per heavy atom. The first-order valence-electron chi connectivity index (χ1n) is 7.34.